The Bertz CT molecular complexity index is 209. The Hall–Kier alpha value is -0.610. The molecule has 4 heteroatoms. The number of carbonyl (C=O) groups is 1. The van der Waals surface area contributed by atoms with Gasteiger partial charge in [-0.3, -0.25) is 4.79 Å². The van der Waals surface area contributed by atoms with Gasteiger partial charge in [-0.15, -0.1) is 0 Å². The highest BCUT2D eigenvalue weighted by Gasteiger charge is 2.26. The molecule has 1 aliphatic rings. The van der Waals surface area contributed by atoms with Crippen molar-refractivity contribution >= 4 is 5.91 Å². The van der Waals surface area contributed by atoms with Gasteiger partial charge in [0.1, 0.15) is 0 Å². The lowest BCUT2D eigenvalue weighted by atomic mass is 9.91. The molecule has 0 bridgehead atoms. The van der Waals surface area contributed by atoms with Gasteiger partial charge < -0.3 is 15.3 Å². The van der Waals surface area contributed by atoms with Crippen LogP contribution in [0.5, 0.6) is 0 Å². The maximum atomic E-state index is 11.1. The molecule has 1 fully saturated rings. The molecule has 0 spiro atoms. The summed E-state index contributed by atoms with van der Waals surface area (Å²) in [5.74, 6) is 0.0622. The van der Waals surface area contributed by atoms with E-state index in [9.17, 15) is 9.90 Å². The summed E-state index contributed by atoms with van der Waals surface area (Å²) in [5, 5.41) is 12.4. The van der Waals surface area contributed by atoms with Gasteiger partial charge in [-0.05, 0) is 19.9 Å². The van der Waals surface area contributed by atoms with Crippen LogP contribution in [0.25, 0.3) is 0 Å². The number of aliphatic hydroxyl groups excluding tert-OH is 1. The minimum absolute atomic E-state index is 0.0622. The Balaban J connectivity index is 2.31. The zero-order chi connectivity index (χ0) is 11.3. The quantitative estimate of drug-likeness (QED) is 0.710. The van der Waals surface area contributed by atoms with E-state index in [2.05, 4.69) is 10.2 Å². The number of nitrogens with one attached hydrogen (secondary N) is 1. The Labute approximate surface area is 91.6 Å². The van der Waals surface area contributed by atoms with Crippen LogP contribution in [0, 0.1) is 0 Å². The van der Waals surface area contributed by atoms with Crippen LogP contribution >= 0.6 is 0 Å². The third-order valence-corrected chi connectivity index (χ3v) is 3.23. The maximum Gasteiger partial charge on any atom is 0.221 e. The first kappa shape index (κ1) is 12.5. The van der Waals surface area contributed by atoms with Crippen molar-refractivity contribution in [2.24, 2.45) is 0 Å². The van der Waals surface area contributed by atoms with Crippen molar-refractivity contribution < 1.29 is 9.90 Å². The maximum absolute atomic E-state index is 11.1. The second-order valence-electron chi connectivity index (χ2n) is 4.32. The van der Waals surface area contributed by atoms with Crippen molar-refractivity contribution in [2.75, 3.05) is 20.6 Å². The van der Waals surface area contributed by atoms with Crippen molar-refractivity contribution in [2.45, 2.75) is 44.2 Å². The van der Waals surface area contributed by atoms with Gasteiger partial charge in [0.05, 0.1) is 6.10 Å². The van der Waals surface area contributed by atoms with Gasteiger partial charge in [-0.1, -0.05) is 12.8 Å². The number of amides is 1. The average Bonchev–Trinajstić information content (AvgIpc) is 2.26. The average molecular weight is 214 g/mol. The fourth-order valence-corrected chi connectivity index (χ4v) is 2.17. The molecular weight excluding hydrogens is 192 g/mol. The largest absolute Gasteiger partial charge is 0.391 e. The highest BCUT2D eigenvalue weighted by molar-refractivity contribution is 5.75. The van der Waals surface area contributed by atoms with E-state index < -0.39 is 0 Å². The summed E-state index contributed by atoms with van der Waals surface area (Å²) >= 11 is 0. The van der Waals surface area contributed by atoms with Crippen molar-refractivity contribution in [3.63, 3.8) is 0 Å². The first-order chi connectivity index (χ1) is 7.15. The van der Waals surface area contributed by atoms with Crippen molar-refractivity contribution in [3.05, 3.63) is 0 Å². The molecule has 4 nitrogen and oxygen atoms in total. The smallest absolute Gasteiger partial charge is 0.221 e. The Morgan fingerprint density at radius 3 is 2.73 bits per heavy atom. The molecule has 1 saturated carbocycles. The van der Waals surface area contributed by atoms with Crippen LogP contribution in [0.4, 0.5) is 0 Å². The van der Waals surface area contributed by atoms with Crippen LogP contribution in [0.1, 0.15) is 32.1 Å². The predicted molar refractivity (Wildman–Crippen MR) is 59.6 cm³/mol. The number of carbonyl (C=O) groups excluding carboxylic acids is 1. The zero-order valence-corrected chi connectivity index (χ0v) is 9.70. The summed E-state index contributed by atoms with van der Waals surface area (Å²) in [6.45, 7) is 0.724. The van der Waals surface area contributed by atoms with Gasteiger partial charge in [0.2, 0.25) is 5.91 Å². The molecule has 0 aliphatic heterocycles. The fraction of sp³-hybridized carbons (Fsp3) is 0.909. The van der Waals surface area contributed by atoms with E-state index >= 15 is 0 Å². The molecule has 0 heterocycles. The third kappa shape index (κ3) is 3.80. The number of aliphatic hydroxyl groups is 1. The van der Waals surface area contributed by atoms with Gasteiger partial charge in [-0.25, -0.2) is 0 Å². The van der Waals surface area contributed by atoms with Crippen molar-refractivity contribution in [3.8, 4) is 0 Å². The molecule has 0 aromatic rings. The Kier molecular flexibility index (Phi) is 5.05. The first-order valence-electron chi connectivity index (χ1n) is 5.74. The van der Waals surface area contributed by atoms with Crippen LogP contribution in [-0.4, -0.2) is 48.7 Å². The number of nitrogens with zero attached hydrogens (tertiary/aromatic N) is 1. The molecule has 2 atom stereocenters. The lowest BCUT2D eigenvalue weighted by Crippen LogP contribution is -2.44. The predicted octanol–water partition coefficient (Wildman–Crippen LogP) is 0.358. The zero-order valence-electron chi connectivity index (χ0n) is 9.70. The number of hydrogen-bond donors (Lipinski definition) is 2. The molecule has 0 saturated heterocycles. The van der Waals surface area contributed by atoms with E-state index in [1.165, 1.54) is 6.42 Å². The summed E-state index contributed by atoms with van der Waals surface area (Å²) in [7, 11) is 3.64. The van der Waals surface area contributed by atoms with E-state index in [0.717, 1.165) is 25.8 Å². The Morgan fingerprint density at radius 1 is 1.47 bits per heavy atom. The van der Waals surface area contributed by atoms with Crippen LogP contribution < -0.4 is 5.32 Å². The summed E-state index contributed by atoms with van der Waals surface area (Å²) in [5.41, 5.74) is 0. The van der Waals surface area contributed by atoms with Crippen LogP contribution in [0.15, 0.2) is 0 Å². The van der Waals surface area contributed by atoms with Crippen LogP contribution in [-0.2, 0) is 4.79 Å². The molecule has 0 radical (unpaired) electrons. The van der Waals surface area contributed by atoms with Gasteiger partial charge in [0.25, 0.3) is 0 Å². The molecule has 15 heavy (non-hydrogen) atoms. The van der Waals surface area contributed by atoms with E-state index in [1.807, 2.05) is 7.05 Å². The van der Waals surface area contributed by atoms with E-state index in [0.29, 0.717) is 6.42 Å². The minimum Gasteiger partial charge on any atom is -0.391 e. The number of rotatable bonds is 4. The van der Waals surface area contributed by atoms with Gasteiger partial charge in [-0.2, -0.15) is 0 Å². The highest BCUT2D eigenvalue weighted by Crippen LogP contribution is 2.22. The molecule has 0 aromatic heterocycles. The molecule has 2 N–H and O–H groups in total. The summed E-state index contributed by atoms with van der Waals surface area (Å²) in [6, 6.07) is 0.239. The minimum atomic E-state index is -0.214. The monoisotopic (exact) mass is 214 g/mol. The lowest BCUT2D eigenvalue weighted by Gasteiger charge is -2.35. The molecule has 1 amide bonds. The standard InChI is InChI=1S/C11H22N2O2/c1-12-11(15)7-8-13(2)9-5-3-4-6-10(9)14/h9-10,14H,3-8H2,1-2H3,(H,12,15). The second kappa shape index (κ2) is 6.08. The van der Waals surface area contributed by atoms with E-state index in [4.69, 9.17) is 0 Å². The number of likely N-dealkylation sites (N-methyl/N-ethyl adjacent to an activating group) is 1. The SMILES string of the molecule is CNC(=O)CCN(C)C1CCCCC1O. The summed E-state index contributed by atoms with van der Waals surface area (Å²) in [6.07, 6.45) is 4.55. The molecule has 88 valence electrons. The molecular formula is C11H22N2O2. The van der Waals surface area contributed by atoms with Crippen LogP contribution in [0.3, 0.4) is 0 Å². The Morgan fingerprint density at radius 2 is 2.13 bits per heavy atom. The first-order valence-corrected chi connectivity index (χ1v) is 5.74. The fourth-order valence-electron chi connectivity index (χ4n) is 2.17. The van der Waals surface area contributed by atoms with Gasteiger partial charge in [0, 0.05) is 26.1 Å². The number of hydrogen-bond acceptors (Lipinski definition) is 3. The third-order valence-electron chi connectivity index (χ3n) is 3.23. The molecule has 1 rings (SSSR count). The van der Waals surface area contributed by atoms with Crippen molar-refractivity contribution in [1.82, 2.24) is 10.2 Å². The van der Waals surface area contributed by atoms with E-state index in [-0.39, 0.29) is 18.1 Å². The summed E-state index contributed by atoms with van der Waals surface area (Å²) < 4.78 is 0. The summed E-state index contributed by atoms with van der Waals surface area (Å²) in [4.78, 5) is 13.2. The van der Waals surface area contributed by atoms with Gasteiger partial charge >= 0.3 is 0 Å². The topological polar surface area (TPSA) is 52.6 Å². The van der Waals surface area contributed by atoms with Crippen LogP contribution in [0.2, 0.25) is 0 Å². The highest BCUT2D eigenvalue weighted by atomic mass is 16.3. The lowest BCUT2D eigenvalue weighted by molar-refractivity contribution is -0.121. The van der Waals surface area contributed by atoms with Gasteiger partial charge in [0.15, 0.2) is 0 Å². The molecule has 2 unspecified atom stereocenters. The molecule has 1 aliphatic carbocycles. The molecule has 0 aromatic carbocycles. The second-order valence-corrected chi connectivity index (χ2v) is 4.32. The normalized spacial score (nSPS) is 26.7. The van der Waals surface area contributed by atoms with E-state index in [1.54, 1.807) is 7.05 Å². The van der Waals surface area contributed by atoms with Crippen molar-refractivity contribution in [1.29, 1.82) is 0 Å².